The maximum Gasteiger partial charge on any atom is 0.338 e. The molecule has 1 N–H and O–H groups in total. The molecule has 1 aromatic rings. The molecule has 3 aliphatic rings. The summed E-state index contributed by atoms with van der Waals surface area (Å²) in [4.78, 5) is 54.9. The molecule has 4 amide bonds. The van der Waals surface area contributed by atoms with Crippen LogP contribution in [0.5, 0.6) is 0 Å². The Balaban J connectivity index is 1.52. The second-order valence-corrected chi connectivity index (χ2v) is 7.77. The second-order valence-electron chi connectivity index (χ2n) is 7.77. The summed E-state index contributed by atoms with van der Waals surface area (Å²) in [6.45, 7) is 1.98. The molecule has 2 bridgehead atoms. The van der Waals surface area contributed by atoms with Gasteiger partial charge in [0.2, 0.25) is 11.8 Å². The van der Waals surface area contributed by atoms with Crippen molar-refractivity contribution in [1.29, 1.82) is 0 Å². The van der Waals surface area contributed by atoms with Gasteiger partial charge in [-0.1, -0.05) is 12.5 Å². The summed E-state index contributed by atoms with van der Waals surface area (Å²) in [6, 6.07) is 5.66. The molecule has 0 unspecified atom stereocenters. The van der Waals surface area contributed by atoms with Gasteiger partial charge in [0.25, 0.3) is 0 Å². The lowest BCUT2D eigenvalue weighted by Crippen LogP contribution is -2.62. The van der Waals surface area contributed by atoms with Gasteiger partial charge >= 0.3 is 12.0 Å². The summed E-state index contributed by atoms with van der Waals surface area (Å²) in [5.41, 5.74) is 0.749. The van der Waals surface area contributed by atoms with Crippen molar-refractivity contribution >= 4 is 35.7 Å². The molecule has 2 aliphatic carbocycles. The smallest absolute Gasteiger partial charge is 0.338 e. The maximum absolute atomic E-state index is 13.0. The van der Waals surface area contributed by atoms with Gasteiger partial charge in [-0.05, 0) is 56.2 Å². The van der Waals surface area contributed by atoms with Gasteiger partial charge in [-0.2, -0.15) is 0 Å². The van der Waals surface area contributed by atoms with Crippen molar-refractivity contribution in [2.45, 2.75) is 38.6 Å². The van der Waals surface area contributed by atoms with E-state index in [1.54, 1.807) is 25.1 Å². The van der Waals surface area contributed by atoms with Crippen LogP contribution in [0.25, 0.3) is 0 Å². The molecule has 1 saturated heterocycles. The normalized spacial score (nSPS) is 28.9. The fourth-order valence-corrected chi connectivity index (χ4v) is 4.67. The zero-order valence-electron chi connectivity index (χ0n) is 16.2. The molecule has 2 saturated carbocycles. The Hall–Kier alpha value is -3.03. The molecule has 0 aromatic heterocycles. The van der Waals surface area contributed by atoms with Gasteiger partial charge in [-0.15, -0.1) is 0 Å². The van der Waals surface area contributed by atoms with Crippen LogP contribution in [0, 0.1) is 17.8 Å². The third kappa shape index (κ3) is 3.66. The molecule has 4 atom stereocenters. The number of ether oxygens (including phenoxy) is 1. The number of benzene rings is 1. The molecule has 3 fully saturated rings. The highest BCUT2D eigenvalue weighted by molar-refractivity contribution is 6.23. The highest BCUT2D eigenvalue weighted by Gasteiger charge is 2.50. The van der Waals surface area contributed by atoms with E-state index < -0.39 is 29.7 Å². The Morgan fingerprint density at radius 1 is 1.28 bits per heavy atom. The van der Waals surface area contributed by atoms with Crippen LogP contribution in [0.4, 0.5) is 10.5 Å². The van der Waals surface area contributed by atoms with Crippen molar-refractivity contribution in [3.63, 3.8) is 0 Å². The number of amides is 4. The Bertz CT molecular complexity index is 896. The SMILES string of the molecule is CCOC(=O)c1cccc(N=C[C@H]2C(=O)NC(=O)N([C@@H]3C[C@H]4CC[C@H]3C4)C2=O)c1. The molecule has 152 valence electrons. The van der Waals surface area contributed by atoms with E-state index in [2.05, 4.69) is 10.3 Å². The van der Waals surface area contributed by atoms with Crippen LogP contribution in [0.2, 0.25) is 0 Å². The molecule has 8 nitrogen and oxygen atoms in total. The van der Waals surface area contributed by atoms with Crippen molar-refractivity contribution in [2.24, 2.45) is 22.7 Å². The Kier molecular flexibility index (Phi) is 5.17. The molecule has 1 heterocycles. The van der Waals surface area contributed by atoms with E-state index in [9.17, 15) is 19.2 Å². The van der Waals surface area contributed by atoms with Crippen LogP contribution < -0.4 is 5.32 Å². The number of hydrogen-bond acceptors (Lipinski definition) is 6. The average molecular weight is 397 g/mol. The largest absolute Gasteiger partial charge is 0.462 e. The molecule has 8 heteroatoms. The highest BCUT2D eigenvalue weighted by atomic mass is 16.5. The number of urea groups is 1. The quantitative estimate of drug-likeness (QED) is 0.467. The lowest BCUT2D eigenvalue weighted by atomic mass is 9.92. The Morgan fingerprint density at radius 2 is 2.10 bits per heavy atom. The third-order valence-corrected chi connectivity index (χ3v) is 6.00. The number of aliphatic imine (C=N–C) groups is 1. The molecule has 0 radical (unpaired) electrons. The van der Waals surface area contributed by atoms with Crippen LogP contribution in [0.1, 0.15) is 43.0 Å². The van der Waals surface area contributed by atoms with Gasteiger partial charge < -0.3 is 4.74 Å². The van der Waals surface area contributed by atoms with Gasteiger partial charge in [0.05, 0.1) is 17.9 Å². The van der Waals surface area contributed by atoms with E-state index in [0.717, 1.165) is 25.7 Å². The van der Waals surface area contributed by atoms with Gasteiger partial charge in [-0.25, -0.2) is 9.59 Å². The molecule has 1 aliphatic heterocycles. The summed E-state index contributed by atoms with van der Waals surface area (Å²) in [7, 11) is 0. The van der Waals surface area contributed by atoms with E-state index in [0.29, 0.717) is 23.1 Å². The minimum atomic E-state index is -1.17. The first-order valence-corrected chi connectivity index (χ1v) is 9.97. The predicted octanol–water partition coefficient (Wildman–Crippen LogP) is 2.45. The maximum atomic E-state index is 13.0. The van der Waals surface area contributed by atoms with Crippen LogP contribution in [-0.2, 0) is 14.3 Å². The standard InChI is InChI=1S/C21H23N3O5/c1-2-29-20(27)14-4-3-5-15(10-14)22-11-16-18(25)23-21(28)24(19(16)26)17-9-12-6-7-13(17)8-12/h3-5,10-13,16-17H,2,6-9H2,1H3,(H,23,25,28)/t12-,13-,16-,17+/m0/s1. The zero-order valence-corrected chi connectivity index (χ0v) is 16.2. The number of hydrogen-bond donors (Lipinski definition) is 1. The van der Waals surface area contributed by atoms with E-state index >= 15 is 0 Å². The van der Waals surface area contributed by atoms with Gasteiger partial charge in [0, 0.05) is 12.3 Å². The van der Waals surface area contributed by atoms with E-state index in [-0.39, 0.29) is 12.6 Å². The number of carbonyl (C=O) groups excluding carboxylic acids is 4. The number of nitrogens with one attached hydrogen (secondary N) is 1. The van der Waals surface area contributed by atoms with Gasteiger partial charge in [0.1, 0.15) is 0 Å². The van der Waals surface area contributed by atoms with Crippen LogP contribution in [0.3, 0.4) is 0 Å². The number of esters is 1. The lowest BCUT2D eigenvalue weighted by Gasteiger charge is -2.36. The number of fused-ring (bicyclic) bond motifs is 2. The van der Waals surface area contributed by atoms with Crippen molar-refractivity contribution in [3.8, 4) is 0 Å². The lowest BCUT2D eigenvalue weighted by molar-refractivity contribution is -0.141. The Morgan fingerprint density at radius 3 is 2.79 bits per heavy atom. The average Bonchev–Trinajstić information content (AvgIpc) is 3.31. The summed E-state index contributed by atoms with van der Waals surface area (Å²) < 4.78 is 4.97. The minimum absolute atomic E-state index is 0.141. The second kappa shape index (κ2) is 7.77. The van der Waals surface area contributed by atoms with Gasteiger partial charge in [0.15, 0.2) is 5.92 Å². The van der Waals surface area contributed by atoms with Crippen molar-refractivity contribution in [2.75, 3.05) is 6.61 Å². The molecule has 0 spiro atoms. The van der Waals surface area contributed by atoms with Crippen molar-refractivity contribution < 1.29 is 23.9 Å². The number of barbiturate groups is 1. The third-order valence-electron chi connectivity index (χ3n) is 6.00. The predicted molar refractivity (Wildman–Crippen MR) is 104 cm³/mol. The van der Waals surface area contributed by atoms with Crippen molar-refractivity contribution in [3.05, 3.63) is 29.8 Å². The fraction of sp³-hybridized carbons (Fsp3) is 0.476. The zero-order chi connectivity index (χ0) is 20.5. The first-order valence-electron chi connectivity index (χ1n) is 9.97. The van der Waals surface area contributed by atoms with Crippen LogP contribution >= 0.6 is 0 Å². The van der Waals surface area contributed by atoms with Crippen LogP contribution in [0.15, 0.2) is 29.3 Å². The monoisotopic (exact) mass is 397 g/mol. The van der Waals surface area contributed by atoms with Crippen LogP contribution in [-0.4, -0.2) is 47.6 Å². The van der Waals surface area contributed by atoms with E-state index in [1.807, 2.05) is 0 Å². The summed E-state index contributed by atoms with van der Waals surface area (Å²) in [5, 5.41) is 2.29. The number of imide groups is 2. The first kappa shape index (κ1) is 19.3. The fourth-order valence-electron chi connectivity index (χ4n) is 4.67. The Labute approximate surface area is 168 Å². The topological polar surface area (TPSA) is 105 Å². The molecular formula is C21H23N3O5. The number of nitrogens with zero attached hydrogens (tertiary/aromatic N) is 2. The van der Waals surface area contributed by atoms with Gasteiger partial charge in [-0.3, -0.25) is 24.8 Å². The summed E-state index contributed by atoms with van der Waals surface area (Å²) in [5.74, 6) is -1.96. The molecule has 29 heavy (non-hydrogen) atoms. The first-order chi connectivity index (χ1) is 14.0. The minimum Gasteiger partial charge on any atom is -0.462 e. The summed E-state index contributed by atoms with van der Waals surface area (Å²) in [6.07, 6.45) is 5.25. The number of rotatable bonds is 5. The highest BCUT2D eigenvalue weighted by Crippen LogP contribution is 2.47. The molecule has 1 aromatic carbocycles. The summed E-state index contributed by atoms with van der Waals surface area (Å²) >= 11 is 0. The number of carbonyl (C=O) groups is 4. The van der Waals surface area contributed by atoms with Crippen molar-refractivity contribution in [1.82, 2.24) is 10.2 Å². The molecule has 4 rings (SSSR count). The van der Waals surface area contributed by atoms with E-state index in [1.165, 1.54) is 17.2 Å². The van der Waals surface area contributed by atoms with E-state index in [4.69, 9.17) is 4.74 Å². The molecular weight excluding hydrogens is 374 g/mol.